The number of benzene rings is 2. The minimum Gasteiger partial charge on any atom is -0.494 e. The number of aryl methyl sites for hydroxylation is 1. The number of piperazine rings is 1. The van der Waals surface area contributed by atoms with E-state index in [1.54, 1.807) is 11.8 Å². The summed E-state index contributed by atoms with van der Waals surface area (Å²) in [4.78, 5) is 14.2. The molecule has 1 aliphatic rings. The van der Waals surface area contributed by atoms with E-state index < -0.39 is 0 Å². The molecule has 3 aromatic rings. The highest BCUT2D eigenvalue weighted by Gasteiger charge is 2.24. The Bertz CT molecular complexity index is 992. The Labute approximate surface area is 181 Å². The largest absolute Gasteiger partial charge is 0.494 e. The van der Waals surface area contributed by atoms with Crippen LogP contribution < -0.4 is 10.1 Å². The van der Waals surface area contributed by atoms with Crippen molar-refractivity contribution in [3.05, 3.63) is 66.1 Å². The number of nitrogens with one attached hydrogen (secondary N) is 1. The third-order valence-corrected chi connectivity index (χ3v) is 5.06. The molecule has 1 N–H and O–H groups in total. The number of aromatic nitrogens is 2. The standard InChI is InChI=1S/C23H26N4O4/c1-17-25-26-22(31-17)19-8-5-9-21(14-19)29-13-10-20-15-27(12-11-24-20)23(28)30-16-18-6-3-2-4-7-18/h2-9,14,20,24H,10-13,15-16H2,1H3/t20-/m1/s1. The Hall–Kier alpha value is -3.39. The first-order chi connectivity index (χ1) is 15.2. The van der Waals surface area contributed by atoms with E-state index in [0.717, 1.165) is 29.8 Å². The first kappa shape index (κ1) is 20.9. The van der Waals surface area contributed by atoms with E-state index in [2.05, 4.69) is 15.5 Å². The number of carbonyl (C=O) groups is 1. The van der Waals surface area contributed by atoms with Crippen LogP contribution in [0, 0.1) is 6.92 Å². The summed E-state index contributed by atoms with van der Waals surface area (Å²) in [6, 6.07) is 17.4. The van der Waals surface area contributed by atoms with Crippen LogP contribution in [0.4, 0.5) is 4.79 Å². The van der Waals surface area contributed by atoms with Gasteiger partial charge in [-0.1, -0.05) is 36.4 Å². The maximum absolute atomic E-state index is 12.4. The summed E-state index contributed by atoms with van der Waals surface area (Å²) in [6.07, 6.45) is 0.491. The van der Waals surface area contributed by atoms with Crippen LogP contribution in [0.2, 0.25) is 0 Å². The molecule has 1 aliphatic heterocycles. The zero-order valence-electron chi connectivity index (χ0n) is 17.5. The summed E-state index contributed by atoms with van der Waals surface area (Å²) < 4.78 is 16.8. The molecule has 2 heterocycles. The van der Waals surface area contributed by atoms with Crippen LogP contribution in [0.15, 0.2) is 59.0 Å². The highest BCUT2D eigenvalue weighted by molar-refractivity contribution is 5.67. The third-order valence-electron chi connectivity index (χ3n) is 5.06. The Balaban J connectivity index is 1.23. The van der Waals surface area contributed by atoms with Gasteiger partial charge in [-0.25, -0.2) is 4.79 Å². The van der Waals surface area contributed by atoms with Gasteiger partial charge in [-0.05, 0) is 30.2 Å². The minimum absolute atomic E-state index is 0.153. The summed E-state index contributed by atoms with van der Waals surface area (Å²) in [5, 5.41) is 11.3. The van der Waals surface area contributed by atoms with Gasteiger partial charge in [0.25, 0.3) is 0 Å². The van der Waals surface area contributed by atoms with Crippen molar-refractivity contribution in [1.82, 2.24) is 20.4 Å². The molecule has 4 rings (SSSR count). The minimum atomic E-state index is -0.279. The van der Waals surface area contributed by atoms with Crippen LogP contribution >= 0.6 is 0 Å². The highest BCUT2D eigenvalue weighted by Crippen LogP contribution is 2.23. The molecule has 8 heteroatoms. The first-order valence-corrected chi connectivity index (χ1v) is 10.4. The Kier molecular flexibility index (Phi) is 6.78. The lowest BCUT2D eigenvalue weighted by molar-refractivity contribution is 0.0827. The summed E-state index contributed by atoms with van der Waals surface area (Å²) >= 11 is 0. The van der Waals surface area contributed by atoms with Gasteiger partial charge in [-0.2, -0.15) is 0 Å². The molecule has 1 fully saturated rings. The van der Waals surface area contributed by atoms with Crippen molar-refractivity contribution in [3.63, 3.8) is 0 Å². The number of ether oxygens (including phenoxy) is 2. The van der Waals surface area contributed by atoms with Gasteiger partial charge in [-0.15, -0.1) is 10.2 Å². The molecular weight excluding hydrogens is 396 g/mol. The van der Waals surface area contributed by atoms with Crippen molar-refractivity contribution in [2.24, 2.45) is 0 Å². The molecule has 1 atom stereocenters. The molecule has 2 aromatic carbocycles. The molecule has 162 valence electrons. The van der Waals surface area contributed by atoms with Gasteiger partial charge >= 0.3 is 6.09 Å². The van der Waals surface area contributed by atoms with Gasteiger partial charge in [0.15, 0.2) is 0 Å². The van der Waals surface area contributed by atoms with Gasteiger partial charge in [0, 0.05) is 38.2 Å². The molecule has 0 aliphatic carbocycles. The van der Waals surface area contributed by atoms with Gasteiger partial charge in [-0.3, -0.25) is 0 Å². The fourth-order valence-corrected chi connectivity index (χ4v) is 3.45. The zero-order chi connectivity index (χ0) is 21.5. The first-order valence-electron chi connectivity index (χ1n) is 10.4. The van der Waals surface area contributed by atoms with E-state index in [1.165, 1.54) is 0 Å². The van der Waals surface area contributed by atoms with Crippen LogP contribution in [0.5, 0.6) is 5.75 Å². The van der Waals surface area contributed by atoms with Gasteiger partial charge in [0.05, 0.1) is 6.61 Å². The lowest BCUT2D eigenvalue weighted by Crippen LogP contribution is -2.53. The van der Waals surface area contributed by atoms with E-state index in [4.69, 9.17) is 13.9 Å². The molecule has 0 radical (unpaired) electrons. The van der Waals surface area contributed by atoms with Crippen molar-refractivity contribution in [2.75, 3.05) is 26.2 Å². The maximum Gasteiger partial charge on any atom is 0.410 e. The molecule has 0 unspecified atom stereocenters. The van der Waals surface area contributed by atoms with E-state index >= 15 is 0 Å². The van der Waals surface area contributed by atoms with Crippen molar-refractivity contribution < 1.29 is 18.7 Å². The molecular formula is C23H26N4O4. The molecule has 8 nitrogen and oxygen atoms in total. The molecule has 0 bridgehead atoms. The fraction of sp³-hybridized carbons (Fsp3) is 0.348. The zero-order valence-corrected chi connectivity index (χ0v) is 17.5. The van der Waals surface area contributed by atoms with Gasteiger partial charge in [0.1, 0.15) is 12.4 Å². The van der Waals surface area contributed by atoms with Crippen molar-refractivity contribution >= 4 is 6.09 Å². The normalized spacial score (nSPS) is 16.2. The van der Waals surface area contributed by atoms with E-state index in [-0.39, 0.29) is 18.7 Å². The van der Waals surface area contributed by atoms with Crippen molar-refractivity contribution in [1.29, 1.82) is 0 Å². The quantitative estimate of drug-likeness (QED) is 0.624. The second-order valence-corrected chi connectivity index (χ2v) is 7.43. The van der Waals surface area contributed by atoms with Crippen LogP contribution in [0.3, 0.4) is 0 Å². The van der Waals surface area contributed by atoms with E-state index in [0.29, 0.717) is 31.5 Å². The lowest BCUT2D eigenvalue weighted by Gasteiger charge is -2.33. The van der Waals surface area contributed by atoms with Crippen molar-refractivity contribution in [2.45, 2.75) is 26.0 Å². The van der Waals surface area contributed by atoms with E-state index in [1.807, 2.05) is 54.6 Å². The molecule has 0 saturated carbocycles. The number of hydrogen-bond donors (Lipinski definition) is 1. The summed E-state index contributed by atoms with van der Waals surface area (Å²) in [7, 11) is 0. The lowest BCUT2D eigenvalue weighted by atomic mass is 10.1. The SMILES string of the molecule is Cc1nnc(-c2cccc(OCC[C@@H]3CN(C(=O)OCc4ccccc4)CCN3)c2)o1. The van der Waals surface area contributed by atoms with E-state index in [9.17, 15) is 4.79 Å². The van der Waals surface area contributed by atoms with Gasteiger partial charge < -0.3 is 24.1 Å². The Morgan fingerprint density at radius 2 is 2.06 bits per heavy atom. The molecule has 0 spiro atoms. The molecule has 31 heavy (non-hydrogen) atoms. The fourth-order valence-electron chi connectivity index (χ4n) is 3.45. The summed E-state index contributed by atoms with van der Waals surface area (Å²) in [6.45, 7) is 4.53. The number of amides is 1. The van der Waals surface area contributed by atoms with Crippen LogP contribution in [0.25, 0.3) is 11.5 Å². The van der Waals surface area contributed by atoms with Crippen LogP contribution in [-0.2, 0) is 11.3 Å². The maximum atomic E-state index is 12.4. The number of nitrogens with zero attached hydrogens (tertiary/aromatic N) is 3. The highest BCUT2D eigenvalue weighted by atomic mass is 16.6. The average Bonchev–Trinajstić information content (AvgIpc) is 3.25. The smallest absolute Gasteiger partial charge is 0.410 e. The van der Waals surface area contributed by atoms with Gasteiger partial charge in [0.2, 0.25) is 11.8 Å². The summed E-state index contributed by atoms with van der Waals surface area (Å²) in [5.74, 6) is 1.74. The van der Waals surface area contributed by atoms with Crippen LogP contribution in [-0.4, -0.2) is 53.5 Å². The predicted molar refractivity (Wildman–Crippen MR) is 115 cm³/mol. The topological polar surface area (TPSA) is 89.7 Å². The number of hydrogen-bond acceptors (Lipinski definition) is 7. The third kappa shape index (κ3) is 5.82. The summed E-state index contributed by atoms with van der Waals surface area (Å²) in [5.41, 5.74) is 1.80. The predicted octanol–water partition coefficient (Wildman–Crippen LogP) is 3.42. The number of carbonyl (C=O) groups excluding carboxylic acids is 1. The second kappa shape index (κ2) is 10.1. The monoisotopic (exact) mass is 422 g/mol. The second-order valence-electron chi connectivity index (χ2n) is 7.43. The Morgan fingerprint density at radius 3 is 2.87 bits per heavy atom. The average molecular weight is 422 g/mol. The molecule has 1 aromatic heterocycles. The number of rotatable bonds is 7. The van der Waals surface area contributed by atoms with Crippen molar-refractivity contribution in [3.8, 4) is 17.2 Å². The van der Waals surface area contributed by atoms with Crippen LogP contribution in [0.1, 0.15) is 17.9 Å². The molecule has 1 amide bonds. The molecule has 1 saturated heterocycles. The Morgan fingerprint density at radius 1 is 1.19 bits per heavy atom.